The first kappa shape index (κ1) is 24.2. The number of aryl methyl sites for hydroxylation is 1. The maximum atomic E-state index is 12.6. The number of thioether (sulfide) groups is 1. The van der Waals surface area contributed by atoms with Crippen molar-refractivity contribution in [3.8, 4) is 0 Å². The third kappa shape index (κ3) is 7.06. The lowest BCUT2D eigenvalue weighted by Crippen LogP contribution is -2.40. The summed E-state index contributed by atoms with van der Waals surface area (Å²) in [6, 6.07) is 13.9. The fourth-order valence-electron chi connectivity index (χ4n) is 2.95. The van der Waals surface area contributed by atoms with Crippen molar-refractivity contribution in [2.45, 2.75) is 23.1 Å². The number of anilines is 1. The first-order chi connectivity index (χ1) is 15.3. The van der Waals surface area contributed by atoms with Crippen LogP contribution in [0.2, 0.25) is 0 Å². The molecule has 0 aromatic heterocycles. The Morgan fingerprint density at radius 3 is 2.38 bits per heavy atom. The highest BCUT2D eigenvalue weighted by Gasteiger charge is 2.26. The van der Waals surface area contributed by atoms with Crippen LogP contribution < -0.4 is 5.32 Å². The Kier molecular flexibility index (Phi) is 8.68. The van der Waals surface area contributed by atoms with Crippen LogP contribution in [-0.4, -0.2) is 63.3 Å². The van der Waals surface area contributed by atoms with Gasteiger partial charge in [0.2, 0.25) is 10.0 Å². The molecule has 0 unspecified atom stereocenters. The van der Waals surface area contributed by atoms with E-state index in [4.69, 9.17) is 9.47 Å². The van der Waals surface area contributed by atoms with E-state index in [2.05, 4.69) is 5.32 Å². The zero-order valence-electron chi connectivity index (χ0n) is 17.8. The lowest BCUT2D eigenvalue weighted by molar-refractivity contribution is -0.146. The van der Waals surface area contributed by atoms with Gasteiger partial charge in [0.05, 0.1) is 24.5 Å². The maximum Gasteiger partial charge on any atom is 0.307 e. The monoisotopic (exact) mass is 478 g/mol. The minimum atomic E-state index is -3.59. The molecule has 1 aliphatic heterocycles. The number of carbonyl (C=O) groups excluding carboxylic acids is 2. The van der Waals surface area contributed by atoms with Gasteiger partial charge in [-0.25, -0.2) is 8.42 Å². The van der Waals surface area contributed by atoms with E-state index in [1.165, 1.54) is 34.1 Å². The molecule has 1 saturated heterocycles. The average molecular weight is 479 g/mol. The predicted octanol–water partition coefficient (Wildman–Crippen LogP) is 2.68. The van der Waals surface area contributed by atoms with Gasteiger partial charge in [0, 0.05) is 29.4 Å². The lowest BCUT2D eigenvalue weighted by atomic mass is 10.2. The summed E-state index contributed by atoms with van der Waals surface area (Å²) >= 11 is 1.55. The lowest BCUT2D eigenvalue weighted by Gasteiger charge is -2.26. The number of benzene rings is 2. The second kappa shape index (κ2) is 11.5. The molecule has 172 valence electrons. The predicted molar refractivity (Wildman–Crippen MR) is 122 cm³/mol. The largest absolute Gasteiger partial charge is 0.456 e. The van der Waals surface area contributed by atoms with E-state index in [1.807, 2.05) is 31.2 Å². The maximum absolute atomic E-state index is 12.6. The zero-order chi connectivity index (χ0) is 23.0. The number of morpholine rings is 1. The molecular formula is C22H26N2O6S2. The van der Waals surface area contributed by atoms with Crippen LogP contribution in [0.4, 0.5) is 5.69 Å². The molecule has 1 aliphatic rings. The summed E-state index contributed by atoms with van der Waals surface area (Å²) in [6.45, 7) is 2.99. The minimum Gasteiger partial charge on any atom is -0.456 e. The number of hydrogen-bond acceptors (Lipinski definition) is 7. The Balaban J connectivity index is 1.40. The van der Waals surface area contributed by atoms with E-state index < -0.39 is 28.5 Å². The molecule has 1 fully saturated rings. The number of nitrogens with one attached hydrogen (secondary N) is 1. The van der Waals surface area contributed by atoms with Crippen LogP contribution in [0.1, 0.15) is 12.0 Å². The van der Waals surface area contributed by atoms with Crippen LogP contribution in [0.5, 0.6) is 0 Å². The Morgan fingerprint density at radius 2 is 1.72 bits per heavy atom. The Hall–Kier alpha value is -2.40. The van der Waals surface area contributed by atoms with Gasteiger partial charge in [0.1, 0.15) is 0 Å². The Morgan fingerprint density at radius 1 is 1.06 bits per heavy atom. The molecule has 1 amide bonds. The van der Waals surface area contributed by atoms with E-state index in [0.29, 0.717) is 37.7 Å². The van der Waals surface area contributed by atoms with Crippen molar-refractivity contribution in [2.75, 3.05) is 44.0 Å². The van der Waals surface area contributed by atoms with Crippen LogP contribution in [0.15, 0.2) is 58.3 Å². The van der Waals surface area contributed by atoms with Gasteiger partial charge in [-0.3, -0.25) is 9.59 Å². The molecule has 2 aromatic carbocycles. The number of carbonyl (C=O) groups is 2. The third-order valence-corrected chi connectivity index (χ3v) is 7.63. The van der Waals surface area contributed by atoms with E-state index >= 15 is 0 Å². The minimum absolute atomic E-state index is 0.148. The summed E-state index contributed by atoms with van der Waals surface area (Å²) in [5, 5.41) is 2.59. The fourth-order valence-corrected chi connectivity index (χ4v) is 5.19. The Labute approximate surface area is 192 Å². The molecule has 0 bridgehead atoms. The number of rotatable bonds is 9. The summed E-state index contributed by atoms with van der Waals surface area (Å²) in [6.07, 6.45) is 0.194. The van der Waals surface area contributed by atoms with Crippen molar-refractivity contribution < 1.29 is 27.5 Å². The second-order valence-electron chi connectivity index (χ2n) is 7.16. The molecule has 1 heterocycles. The second-order valence-corrected chi connectivity index (χ2v) is 10.3. The molecule has 0 atom stereocenters. The molecule has 0 saturated carbocycles. The van der Waals surface area contributed by atoms with Crippen LogP contribution in [0.25, 0.3) is 0 Å². The zero-order valence-corrected chi connectivity index (χ0v) is 19.4. The van der Waals surface area contributed by atoms with Gasteiger partial charge in [-0.1, -0.05) is 17.7 Å². The highest BCUT2D eigenvalue weighted by molar-refractivity contribution is 7.99. The van der Waals surface area contributed by atoms with Gasteiger partial charge >= 0.3 is 5.97 Å². The molecular weight excluding hydrogens is 452 g/mol. The molecule has 8 nitrogen and oxygen atoms in total. The number of nitrogens with zero attached hydrogens (tertiary/aromatic N) is 1. The first-order valence-corrected chi connectivity index (χ1v) is 12.6. The molecule has 32 heavy (non-hydrogen) atoms. The first-order valence-electron chi connectivity index (χ1n) is 10.2. The van der Waals surface area contributed by atoms with Crippen molar-refractivity contribution in [3.63, 3.8) is 0 Å². The van der Waals surface area contributed by atoms with E-state index in [0.717, 1.165) is 4.90 Å². The molecule has 0 spiro atoms. The summed E-state index contributed by atoms with van der Waals surface area (Å²) in [4.78, 5) is 25.1. The number of ether oxygens (including phenoxy) is 2. The van der Waals surface area contributed by atoms with Crippen LogP contribution in [-0.2, 0) is 29.1 Å². The average Bonchev–Trinajstić information content (AvgIpc) is 2.80. The quantitative estimate of drug-likeness (QED) is 0.437. The standard InChI is InChI=1S/C22H26N2O6S2/c1-17-2-6-19(7-3-17)31-15-10-22(26)30-16-21(25)23-18-4-8-20(9-5-18)32(27,28)24-11-13-29-14-12-24/h2-9H,10-16H2,1H3,(H,23,25). The SMILES string of the molecule is Cc1ccc(SCCC(=O)OCC(=O)Nc2ccc(S(=O)(=O)N3CCOCC3)cc2)cc1. The molecule has 10 heteroatoms. The number of esters is 1. The molecule has 2 aromatic rings. The van der Waals surface area contributed by atoms with Crippen LogP contribution >= 0.6 is 11.8 Å². The van der Waals surface area contributed by atoms with Crippen LogP contribution in [0.3, 0.4) is 0 Å². The van der Waals surface area contributed by atoms with Gasteiger partial charge in [-0.15, -0.1) is 11.8 Å². The van der Waals surface area contributed by atoms with E-state index in [1.54, 1.807) is 11.8 Å². The number of amides is 1. The van der Waals surface area contributed by atoms with E-state index in [9.17, 15) is 18.0 Å². The number of sulfonamides is 1. The van der Waals surface area contributed by atoms with Crippen molar-refractivity contribution in [2.24, 2.45) is 0 Å². The fraction of sp³-hybridized carbons (Fsp3) is 0.364. The highest BCUT2D eigenvalue weighted by atomic mass is 32.2. The van der Waals surface area contributed by atoms with Gasteiger partial charge in [-0.2, -0.15) is 4.31 Å². The summed E-state index contributed by atoms with van der Waals surface area (Å²) < 4.78 is 36.8. The summed E-state index contributed by atoms with van der Waals surface area (Å²) in [5.74, 6) is -0.386. The van der Waals surface area contributed by atoms with Gasteiger partial charge in [-0.05, 0) is 43.3 Å². The summed E-state index contributed by atoms with van der Waals surface area (Å²) in [5.41, 5.74) is 1.59. The highest BCUT2D eigenvalue weighted by Crippen LogP contribution is 2.20. The molecule has 0 aliphatic carbocycles. The van der Waals surface area contributed by atoms with Crippen molar-refractivity contribution in [1.82, 2.24) is 4.31 Å². The van der Waals surface area contributed by atoms with Gasteiger partial charge in [0.15, 0.2) is 6.61 Å². The van der Waals surface area contributed by atoms with Crippen LogP contribution in [0, 0.1) is 6.92 Å². The van der Waals surface area contributed by atoms with Crippen molar-refractivity contribution >= 4 is 39.3 Å². The smallest absolute Gasteiger partial charge is 0.307 e. The molecule has 0 radical (unpaired) electrons. The normalized spacial score (nSPS) is 14.7. The van der Waals surface area contributed by atoms with E-state index in [-0.39, 0.29) is 11.3 Å². The van der Waals surface area contributed by atoms with Crippen molar-refractivity contribution in [1.29, 1.82) is 0 Å². The third-order valence-electron chi connectivity index (χ3n) is 4.71. The molecule has 3 rings (SSSR count). The van der Waals surface area contributed by atoms with Gasteiger partial charge < -0.3 is 14.8 Å². The summed E-state index contributed by atoms with van der Waals surface area (Å²) in [7, 11) is -3.59. The van der Waals surface area contributed by atoms with Crippen molar-refractivity contribution in [3.05, 3.63) is 54.1 Å². The topological polar surface area (TPSA) is 102 Å². The van der Waals surface area contributed by atoms with Gasteiger partial charge in [0.25, 0.3) is 5.91 Å². The Bertz CT molecular complexity index is 1020. The molecule has 1 N–H and O–H groups in total. The number of hydrogen-bond donors (Lipinski definition) is 1.